The Hall–Kier alpha value is -5.05. The van der Waals surface area contributed by atoms with E-state index in [1.165, 1.54) is 31.9 Å². The van der Waals surface area contributed by atoms with E-state index in [1.54, 1.807) is 17.6 Å². The summed E-state index contributed by atoms with van der Waals surface area (Å²) >= 11 is 0. The zero-order valence-electron chi connectivity index (χ0n) is 23.8. The van der Waals surface area contributed by atoms with Gasteiger partial charge in [-0.3, -0.25) is 9.88 Å². The highest BCUT2D eigenvalue weighted by molar-refractivity contribution is 5.95. The lowest BCUT2D eigenvalue weighted by molar-refractivity contribution is -0.131. The third-order valence-corrected chi connectivity index (χ3v) is 7.14. The first-order chi connectivity index (χ1) is 21.4. The lowest BCUT2D eigenvalue weighted by atomic mass is 10.1. The number of benzene rings is 2. The van der Waals surface area contributed by atoms with Gasteiger partial charge in [-0.15, -0.1) is 0 Å². The number of hydrogen-bond donors (Lipinski definition) is 3. The molecule has 3 N–H and O–H groups in total. The van der Waals surface area contributed by atoms with E-state index in [4.69, 9.17) is 23.7 Å². The maximum atomic E-state index is 12.2. The molecule has 2 amide bonds. The number of hydrogen-bond acceptors (Lipinski definition) is 10. The Balaban J connectivity index is 1.28. The van der Waals surface area contributed by atoms with E-state index in [0.29, 0.717) is 23.5 Å². The maximum Gasteiger partial charge on any atom is 0.339 e. The minimum atomic E-state index is -1.16. The number of methoxy groups -OCH3 is 1. The summed E-state index contributed by atoms with van der Waals surface area (Å²) in [5.41, 5.74) is 1.71. The molecule has 0 radical (unpaired) electrons. The van der Waals surface area contributed by atoms with E-state index in [1.807, 2.05) is 42.5 Å². The highest BCUT2D eigenvalue weighted by Gasteiger charge is 2.53. The summed E-state index contributed by atoms with van der Waals surface area (Å²) < 4.78 is 31.8. The first-order valence-corrected chi connectivity index (χ1v) is 13.9. The number of nitrogens with one attached hydrogen (secondary N) is 2. The van der Waals surface area contributed by atoms with Crippen molar-refractivity contribution in [1.82, 2.24) is 24.8 Å². The van der Waals surface area contributed by atoms with Gasteiger partial charge >= 0.3 is 12.0 Å². The van der Waals surface area contributed by atoms with E-state index in [2.05, 4.69) is 25.6 Å². The fraction of sp³-hybridized carbons (Fsp3) is 0.300. The van der Waals surface area contributed by atoms with Gasteiger partial charge in [0.25, 0.3) is 0 Å². The molecule has 0 saturated carbocycles. The van der Waals surface area contributed by atoms with Gasteiger partial charge < -0.3 is 34.1 Å². The van der Waals surface area contributed by atoms with Crippen molar-refractivity contribution in [2.24, 2.45) is 0 Å². The molecule has 4 heterocycles. The number of imidazole rings is 1. The molecular weight excluding hydrogens is 572 g/mol. The molecule has 6 rings (SSSR count). The third kappa shape index (κ3) is 5.90. The number of carboxylic acid groups (broad SMARTS) is 1. The second-order valence-corrected chi connectivity index (χ2v) is 9.91. The number of carboxylic acids is 1. The number of rotatable bonds is 10. The topological polar surface area (TPSA) is 168 Å². The predicted molar refractivity (Wildman–Crippen MR) is 156 cm³/mol. The van der Waals surface area contributed by atoms with Crippen LogP contribution in [-0.4, -0.2) is 81.5 Å². The Morgan fingerprint density at radius 1 is 1.07 bits per heavy atom. The number of urea groups is 1. The van der Waals surface area contributed by atoms with Crippen molar-refractivity contribution in [3.8, 4) is 11.5 Å². The monoisotopic (exact) mass is 602 g/mol. The van der Waals surface area contributed by atoms with Crippen LogP contribution in [0.25, 0.3) is 17.2 Å². The van der Waals surface area contributed by atoms with Gasteiger partial charge in [0.1, 0.15) is 48.3 Å². The number of ether oxygens (including phenoxy) is 5. The average Bonchev–Trinajstić information content (AvgIpc) is 3.74. The van der Waals surface area contributed by atoms with Crippen molar-refractivity contribution in [1.29, 1.82) is 0 Å². The van der Waals surface area contributed by atoms with Crippen LogP contribution in [0.3, 0.4) is 0 Å². The smallest absolute Gasteiger partial charge is 0.339 e. The van der Waals surface area contributed by atoms with Crippen molar-refractivity contribution in [3.63, 3.8) is 0 Å². The Bertz CT molecular complexity index is 1680. The molecule has 228 valence electrons. The second kappa shape index (κ2) is 12.7. The van der Waals surface area contributed by atoms with Crippen LogP contribution >= 0.6 is 0 Å². The van der Waals surface area contributed by atoms with Gasteiger partial charge in [0.2, 0.25) is 0 Å². The largest absolute Gasteiger partial charge is 0.497 e. The molecule has 2 aliphatic rings. The number of carbonyl (C=O) groups excluding carboxylic acids is 1. The van der Waals surface area contributed by atoms with Crippen molar-refractivity contribution in [3.05, 3.63) is 78.4 Å². The Labute approximate surface area is 251 Å². The minimum absolute atomic E-state index is 0.0334. The van der Waals surface area contributed by atoms with Crippen LogP contribution in [-0.2, 0) is 14.2 Å². The summed E-state index contributed by atoms with van der Waals surface area (Å²) in [6, 6.07) is 13.9. The molecule has 2 fully saturated rings. The zero-order chi connectivity index (χ0) is 30.6. The number of nitrogens with zero attached hydrogens (tertiary/aromatic N) is 4. The van der Waals surface area contributed by atoms with Gasteiger partial charge in [-0.1, -0.05) is 36.4 Å². The minimum Gasteiger partial charge on any atom is -0.497 e. The van der Waals surface area contributed by atoms with Crippen LogP contribution in [0.15, 0.2) is 67.3 Å². The van der Waals surface area contributed by atoms with E-state index in [0.717, 1.165) is 5.56 Å². The molecule has 4 unspecified atom stereocenters. The summed E-state index contributed by atoms with van der Waals surface area (Å²) in [5.74, 6) is -0.372. The molecule has 14 heteroatoms. The number of carbonyl (C=O) groups is 2. The lowest BCUT2D eigenvalue weighted by Gasteiger charge is -2.21. The third-order valence-electron chi connectivity index (χ3n) is 7.14. The van der Waals surface area contributed by atoms with E-state index >= 15 is 0 Å². The SMILES string of the molecule is CCNC(=O)Nc1ncnc2c1ncn2C1OC(COc2ccc(OC)cc2C(=O)O)C2O[C@H](C=Cc3ccccc3)OC21. The number of aromatic nitrogens is 4. The van der Waals surface area contributed by atoms with Gasteiger partial charge in [-0.2, -0.15) is 0 Å². The first kappa shape index (κ1) is 29.0. The Morgan fingerprint density at radius 2 is 1.89 bits per heavy atom. The molecule has 5 atom stereocenters. The lowest BCUT2D eigenvalue weighted by Crippen LogP contribution is -2.33. The number of aromatic carboxylic acids is 1. The zero-order valence-corrected chi connectivity index (χ0v) is 23.8. The first-order valence-electron chi connectivity index (χ1n) is 13.9. The van der Waals surface area contributed by atoms with Crippen LogP contribution in [0, 0.1) is 0 Å². The molecule has 2 aromatic carbocycles. The Kier molecular flexibility index (Phi) is 8.36. The van der Waals surface area contributed by atoms with E-state index in [9.17, 15) is 14.7 Å². The van der Waals surface area contributed by atoms with Crippen LogP contribution in [0.4, 0.5) is 10.6 Å². The normalized spacial score (nSPS) is 22.6. The highest BCUT2D eigenvalue weighted by Crippen LogP contribution is 2.41. The molecule has 0 spiro atoms. The van der Waals surface area contributed by atoms with Crippen LogP contribution in [0.2, 0.25) is 0 Å². The maximum absolute atomic E-state index is 12.2. The highest BCUT2D eigenvalue weighted by atomic mass is 16.8. The predicted octanol–water partition coefficient (Wildman–Crippen LogP) is 3.47. The quantitative estimate of drug-likeness (QED) is 0.243. The molecule has 4 aromatic rings. The van der Waals surface area contributed by atoms with Gasteiger partial charge in [0, 0.05) is 6.54 Å². The summed E-state index contributed by atoms with van der Waals surface area (Å²) in [5, 5.41) is 15.1. The second-order valence-electron chi connectivity index (χ2n) is 9.91. The fourth-order valence-corrected chi connectivity index (χ4v) is 5.10. The molecular formula is C30H30N6O8. The van der Waals surface area contributed by atoms with Gasteiger partial charge in [-0.05, 0) is 36.8 Å². The molecule has 2 aliphatic heterocycles. The van der Waals surface area contributed by atoms with Crippen LogP contribution in [0.5, 0.6) is 11.5 Å². The Morgan fingerprint density at radius 3 is 2.66 bits per heavy atom. The average molecular weight is 603 g/mol. The van der Waals surface area contributed by atoms with Gasteiger partial charge in [-0.25, -0.2) is 24.5 Å². The van der Waals surface area contributed by atoms with Crippen molar-refractivity contribution >= 4 is 35.1 Å². The van der Waals surface area contributed by atoms with E-state index < -0.39 is 42.8 Å². The standard InChI is InChI=1S/C30H30N6O8/c1-3-31-30(39)35-26-23-27(33-15-32-26)36(16-34-23)28-25-24(43-22(44-25)12-9-17-7-5-4-6-8-17)21(42-28)14-41-20-11-10-18(40-2)13-19(20)29(37)38/h4-13,15-16,21-22,24-25,28H,3,14H2,1-2H3,(H,37,38)(H2,31,32,33,35,39)/t21?,22-,24?,25?,28?/m0/s1. The number of anilines is 1. The molecule has 14 nitrogen and oxygen atoms in total. The summed E-state index contributed by atoms with van der Waals surface area (Å²) in [7, 11) is 1.46. The van der Waals surface area contributed by atoms with Gasteiger partial charge in [0.15, 0.2) is 29.5 Å². The molecule has 0 aliphatic carbocycles. The van der Waals surface area contributed by atoms with Crippen molar-refractivity contribution < 1.29 is 38.4 Å². The number of fused-ring (bicyclic) bond motifs is 2. The fourth-order valence-electron chi connectivity index (χ4n) is 5.10. The molecule has 44 heavy (non-hydrogen) atoms. The van der Waals surface area contributed by atoms with Gasteiger partial charge in [0.05, 0.1) is 13.4 Å². The molecule has 0 bridgehead atoms. The summed E-state index contributed by atoms with van der Waals surface area (Å²) in [6.07, 6.45) is 3.32. The van der Waals surface area contributed by atoms with Crippen molar-refractivity contribution in [2.45, 2.75) is 37.8 Å². The summed E-state index contributed by atoms with van der Waals surface area (Å²) in [4.78, 5) is 37.1. The molecule has 2 saturated heterocycles. The van der Waals surface area contributed by atoms with Crippen molar-refractivity contribution in [2.75, 3.05) is 25.6 Å². The van der Waals surface area contributed by atoms with E-state index in [-0.39, 0.29) is 23.7 Å². The van der Waals surface area contributed by atoms with Crippen LogP contribution in [0.1, 0.15) is 29.1 Å². The van der Waals surface area contributed by atoms with Crippen LogP contribution < -0.4 is 20.1 Å². The summed E-state index contributed by atoms with van der Waals surface area (Å²) in [6.45, 7) is 2.22. The number of amides is 2. The molecule has 2 aromatic heterocycles.